The minimum atomic E-state index is -0.994. The van der Waals surface area contributed by atoms with Gasteiger partial charge < -0.3 is 10.0 Å². The first-order valence-corrected chi connectivity index (χ1v) is 6.95. The van der Waals surface area contributed by atoms with Crippen LogP contribution in [0.2, 0.25) is 10.0 Å². The van der Waals surface area contributed by atoms with Gasteiger partial charge in [0.25, 0.3) is 0 Å². The SMILES string of the molecule is CC[C@H](C(=O)O)N1Cc2c(ccc(Cl)c2Cl)N=C1NC#N. The number of nitriles is 1. The molecule has 0 fully saturated rings. The highest BCUT2D eigenvalue weighted by Gasteiger charge is 2.31. The third-order valence-corrected chi connectivity index (χ3v) is 4.06. The topological polar surface area (TPSA) is 88.7 Å². The Morgan fingerprint density at radius 1 is 1.62 bits per heavy atom. The molecule has 1 aliphatic rings. The second-order valence-electron chi connectivity index (χ2n) is 4.42. The number of carboxylic acid groups (broad SMARTS) is 1. The van der Waals surface area contributed by atoms with Crippen molar-refractivity contribution in [3.8, 4) is 6.19 Å². The van der Waals surface area contributed by atoms with E-state index in [0.29, 0.717) is 27.7 Å². The van der Waals surface area contributed by atoms with Crippen LogP contribution in [0.1, 0.15) is 18.9 Å². The fraction of sp³-hybridized carbons (Fsp3) is 0.308. The van der Waals surface area contributed by atoms with Gasteiger partial charge >= 0.3 is 5.97 Å². The molecule has 1 heterocycles. The van der Waals surface area contributed by atoms with Gasteiger partial charge in [-0.3, -0.25) is 5.32 Å². The van der Waals surface area contributed by atoms with E-state index in [4.69, 9.17) is 28.5 Å². The Bertz CT molecular complexity index is 654. The summed E-state index contributed by atoms with van der Waals surface area (Å²) in [7, 11) is 0. The van der Waals surface area contributed by atoms with Crippen LogP contribution < -0.4 is 5.32 Å². The van der Waals surface area contributed by atoms with Crippen molar-refractivity contribution in [2.24, 2.45) is 4.99 Å². The lowest BCUT2D eigenvalue weighted by molar-refractivity contribution is -0.142. The first kappa shape index (κ1) is 15.4. The number of carboxylic acids is 1. The summed E-state index contributed by atoms with van der Waals surface area (Å²) in [5.41, 5.74) is 1.21. The lowest BCUT2D eigenvalue weighted by Gasteiger charge is -2.33. The molecular formula is C13H12Cl2N4O2. The number of benzene rings is 1. The summed E-state index contributed by atoms with van der Waals surface area (Å²) < 4.78 is 0. The van der Waals surface area contributed by atoms with Crippen LogP contribution in [-0.2, 0) is 11.3 Å². The number of hydrogen-bond acceptors (Lipinski definition) is 5. The molecule has 0 saturated heterocycles. The summed E-state index contributed by atoms with van der Waals surface area (Å²) in [6, 6.07) is 2.48. The van der Waals surface area contributed by atoms with Crippen LogP contribution in [0.25, 0.3) is 0 Å². The highest BCUT2D eigenvalue weighted by atomic mass is 35.5. The Labute approximate surface area is 131 Å². The van der Waals surface area contributed by atoms with Gasteiger partial charge in [0, 0.05) is 5.56 Å². The maximum Gasteiger partial charge on any atom is 0.326 e. The number of aliphatic imine (C=N–C) groups is 1. The molecule has 1 aromatic rings. The number of nitrogens with zero attached hydrogens (tertiary/aromatic N) is 3. The molecule has 6 nitrogen and oxygen atoms in total. The molecule has 1 atom stereocenters. The Morgan fingerprint density at radius 2 is 2.33 bits per heavy atom. The van der Waals surface area contributed by atoms with Crippen molar-refractivity contribution in [3.63, 3.8) is 0 Å². The molecule has 0 amide bonds. The molecule has 0 spiro atoms. The minimum absolute atomic E-state index is 0.192. The summed E-state index contributed by atoms with van der Waals surface area (Å²) in [5.74, 6) is -0.802. The summed E-state index contributed by atoms with van der Waals surface area (Å²) in [6.45, 7) is 1.96. The molecule has 0 aromatic heterocycles. The van der Waals surface area contributed by atoms with E-state index in [1.807, 2.05) is 0 Å². The first-order chi connectivity index (χ1) is 9.99. The predicted molar refractivity (Wildman–Crippen MR) is 79.6 cm³/mol. The van der Waals surface area contributed by atoms with E-state index < -0.39 is 12.0 Å². The van der Waals surface area contributed by atoms with E-state index in [-0.39, 0.29) is 12.5 Å². The van der Waals surface area contributed by atoms with Gasteiger partial charge in [-0.15, -0.1) is 0 Å². The lowest BCUT2D eigenvalue weighted by Crippen LogP contribution is -2.49. The van der Waals surface area contributed by atoms with Gasteiger partial charge in [0.1, 0.15) is 6.04 Å². The smallest absolute Gasteiger partial charge is 0.326 e. The minimum Gasteiger partial charge on any atom is -0.480 e. The van der Waals surface area contributed by atoms with Crippen molar-refractivity contribution in [1.82, 2.24) is 10.2 Å². The van der Waals surface area contributed by atoms with E-state index >= 15 is 0 Å². The van der Waals surface area contributed by atoms with Crippen molar-refractivity contribution < 1.29 is 9.90 Å². The molecule has 21 heavy (non-hydrogen) atoms. The maximum absolute atomic E-state index is 11.4. The highest BCUT2D eigenvalue weighted by molar-refractivity contribution is 6.42. The molecule has 2 rings (SSSR count). The van der Waals surface area contributed by atoms with Crippen LogP contribution in [0, 0.1) is 11.5 Å². The fourth-order valence-electron chi connectivity index (χ4n) is 2.20. The molecule has 0 saturated carbocycles. The number of hydrogen-bond donors (Lipinski definition) is 2. The molecule has 0 aliphatic carbocycles. The first-order valence-electron chi connectivity index (χ1n) is 6.19. The van der Waals surface area contributed by atoms with Gasteiger partial charge in [0.15, 0.2) is 6.19 Å². The summed E-state index contributed by atoms with van der Waals surface area (Å²) in [5, 5.41) is 21.3. The number of guanidine groups is 1. The predicted octanol–water partition coefficient (Wildman–Crippen LogP) is 2.73. The molecule has 1 aliphatic heterocycles. The average Bonchev–Trinajstić information content (AvgIpc) is 2.45. The standard InChI is InChI=1S/C13H12Cl2N4O2/c1-2-10(12(20)21)19-5-7-9(18-13(19)17-6-16)4-3-8(14)11(7)15/h3-4,10H,2,5H2,1H3,(H,17,18)(H,20,21)/t10-/m1/s1. The molecule has 110 valence electrons. The number of halogens is 2. The zero-order valence-corrected chi connectivity index (χ0v) is 12.6. The van der Waals surface area contributed by atoms with E-state index in [0.717, 1.165) is 0 Å². The second kappa shape index (κ2) is 6.20. The van der Waals surface area contributed by atoms with Crippen LogP contribution in [-0.4, -0.2) is 28.0 Å². The fourth-order valence-corrected chi connectivity index (χ4v) is 2.59. The van der Waals surface area contributed by atoms with Gasteiger partial charge in [-0.1, -0.05) is 30.1 Å². The molecule has 0 radical (unpaired) electrons. The van der Waals surface area contributed by atoms with Crippen LogP contribution in [0.5, 0.6) is 0 Å². The number of rotatable bonds is 3. The van der Waals surface area contributed by atoms with Crippen molar-refractivity contribution in [2.45, 2.75) is 25.9 Å². The van der Waals surface area contributed by atoms with Crippen LogP contribution in [0.4, 0.5) is 5.69 Å². The third-order valence-electron chi connectivity index (χ3n) is 3.21. The highest BCUT2D eigenvalue weighted by Crippen LogP contribution is 2.37. The number of fused-ring (bicyclic) bond motifs is 1. The van der Waals surface area contributed by atoms with Gasteiger partial charge in [-0.2, -0.15) is 5.26 Å². The van der Waals surface area contributed by atoms with Crippen molar-refractivity contribution in [1.29, 1.82) is 5.26 Å². The van der Waals surface area contributed by atoms with Crippen molar-refractivity contribution in [3.05, 3.63) is 27.7 Å². The van der Waals surface area contributed by atoms with Gasteiger partial charge in [-0.25, -0.2) is 9.79 Å². The van der Waals surface area contributed by atoms with Crippen LogP contribution in [0.15, 0.2) is 17.1 Å². The van der Waals surface area contributed by atoms with Crippen LogP contribution >= 0.6 is 23.2 Å². The largest absolute Gasteiger partial charge is 0.480 e. The maximum atomic E-state index is 11.4. The number of aliphatic carboxylic acids is 1. The van der Waals surface area contributed by atoms with Crippen LogP contribution in [0.3, 0.4) is 0 Å². The third kappa shape index (κ3) is 2.89. The molecule has 0 bridgehead atoms. The monoisotopic (exact) mass is 326 g/mol. The van der Waals surface area contributed by atoms with Gasteiger partial charge in [0.2, 0.25) is 5.96 Å². The van der Waals surface area contributed by atoms with E-state index in [1.54, 1.807) is 25.2 Å². The second-order valence-corrected chi connectivity index (χ2v) is 5.21. The Balaban J connectivity index is 2.51. The van der Waals surface area contributed by atoms with Gasteiger partial charge in [-0.05, 0) is 18.6 Å². The van der Waals surface area contributed by atoms with E-state index in [1.165, 1.54) is 4.90 Å². The quantitative estimate of drug-likeness (QED) is 0.658. The summed E-state index contributed by atoms with van der Waals surface area (Å²) >= 11 is 12.2. The molecule has 1 aromatic carbocycles. The molecule has 8 heteroatoms. The molecule has 2 N–H and O–H groups in total. The Kier molecular flexibility index (Phi) is 4.56. The zero-order valence-electron chi connectivity index (χ0n) is 11.1. The van der Waals surface area contributed by atoms with Gasteiger partial charge in [0.05, 0.1) is 22.3 Å². The zero-order chi connectivity index (χ0) is 15.6. The normalized spacial score (nSPS) is 14.8. The van der Waals surface area contributed by atoms with Crippen molar-refractivity contribution in [2.75, 3.05) is 0 Å². The average molecular weight is 327 g/mol. The van der Waals surface area contributed by atoms with Crippen molar-refractivity contribution >= 4 is 40.8 Å². The number of nitrogens with one attached hydrogen (secondary N) is 1. The Morgan fingerprint density at radius 3 is 2.90 bits per heavy atom. The molecule has 0 unspecified atom stereocenters. The Hall–Kier alpha value is -1.97. The summed E-state index contributed by atoms with van der Waals surface area (Å²) in [4.78, 5) is 17.1. The molecular weight excluding hydrogens is 315 g/mol. The van der Waals surface area contributed by atoms with E-state index in [2.05, 4.69) is 10.3 Å². The number of carbonyl (C=O) groups is 1. The lowest BCUT2D eigenvalue weighted by atomic mass is 10.1. The van der Waals surface area contributed by atoms with E-state index in [9.17, 15) is 9.90 Å². The summed E-state index contributed by atoms with van der Waals surface area (Å²) in [6.07, 6.45) is 2.12.